The van der Waals surface area contributed by atoms with Gasteiger partial charge in [-0.05, 0) is 6.07 Å². The lowest BCUT2D eigenvalue weighted by atomic mass is 10.2. The highest BCUT2D eigenvalue weighted by molar-refractivity contribution is 6.30. The molecule has 0 aliphatic heterocycles. The van der Waals surface area contributed by atoms with Crippen LogP contribution in [0.25, 0.3) is 11.4 Å². The summed E-state index contributed by atoms with van der Waals surface area (Å²) in [6, 6.07) is 0.973. The molecule has 0 aromatic carbocycles. The van der Waals surface area contributed by atoms with E-state index in [1.54, 1.807) is 0 Å². The van der Waals surface area contributed by atoms with E-state index >= 15 is 0 Å². The predicted molar refractivity (Wildman–Crippen MR) is 63.4 cm³/mol. The molecule has 5 nitrogen and oxygen atoms in total. The first-order valence-corrected chi connectivity index (χ1v) is 5.60. The fourth-order valence-electron chi connectivity index (χ4n) is 1.62. The molecule has 0 atom stereocenters. The maximum absolute atomic E-state index is 13.8. The molecule has 20 heavy (non-hydrogen) atoms. The van der Waals surface area contributed by atoms with Crippen molar-refractivity contribution in [3.8, 4) is 17.3 Å². The first-order chi connectivity index (χ1) is 9.43. The molecule has 2 aromatic rings. The molecule has 0 radical (unpaired) electrons. The summed E-state index contributed by atoms with van der Waals surface area (Å²) in [5, 5.41) is 3.83. The van der Waals surface area contributed by atoms with Crippen LogP contribution in [-0.4, -0.2) is 27.7 Å². The fraction of sp³-hybridized carbons (Fsp3) is 0.182. The van der Waals surface area contributed by atoms with Gasteiger partial charge in [0.2, 0.25) is 5.88 Å². The molecule has 106 valence electrons. The van der Waals surface area contributed by atoms with E-state index in [1.807, 2.05) is 0 Å². The van der Waals surface area contributed by atoms with Gasteiger partial charge < -0.3 is 4.74 Å². The summed E-state index contributed by atoms with van der Waals surface area (Å²) in [6.07, 6.45) is 1.40. The zero-order chi connectivity index (χ0) is 14.9. The maximum Gasteiger partial charge on any atom is 0.388 e. The third-order valence-electron chi connectivity index (χ3n) is 2.38. The van der Waals surface area contributed by atoms with Crippen LogP contribution in [0, 0.1) is 5.82 Å². The number of halogens is 4. The third-order valence-corrected chi connectivity index (χ3v) is 2.59. The molecule has 0 aliphatic rings. The van der Waals surface area contributed by atoms with Crippen LogP contribution < -0.4 is 4.74 Å². The Morgan fingerprint density at radius 3 is 2.70 bits per heavy atom. The third kappa shape index (κ3) is 2.60. The Labute approximate surface area is 115 Å². The molecule has 9 heteroatoms. The number of nitrogens with zero attached hydrogens (tertiary/aromatic N) is 3. The van der Waals surface area contributed by atoms with Crippen molar-refractivity contribution in [1.29, 1.82) is 0 Å². The van der Waals surface area contributed by atoms with Crippen LogP contribution in [0.2, 0.25) is 5.02 Å². The van der Waals surface area contributed by atoms with Gasteiger partial charge in [-0.25, -0.2) is 14.1 Å². The predicted octanol–water partition coefficient (Wildman–Crippen LogP) is 2.69. The van der Waals surface area contributed by atoms with Crippen molar-refractivity contribution in [2.24, 2.45) is 7.05 Å². The second-order valence-electron chi connectivity index (χ2n) is 3.67. The molecule has 0 saturated heterocycles. The van der Waals surface area contributed by atoms with E-state index in [9.17, 15) is 18.0 Å². The van der Waals surface area contributed by atoms with Gasteiger partial charge in [-0.3, -0.25) is 4.79 Å². The first-order valence-electron chi connectivity index (χ1n) is 5.22. The number of hydrogen-bond donors (Lipinski definition) is 0. The van der Waals surface area contributed by atoms with E-state index in [0.717, 1.165) is 16.9 Å². The van der Waals surface area contributed by atoms with Crippen molar-refractivity contribution in [1.82, 2.24) is 14.8 Å². The summed E-state index contributed by atoms with van der Waals surface area (Å²) in [4.78, 5) is 14.7. The van der Waals surface area contributed by atoms with Gasteiger partial charge in [0.1, 0.15) is 17.0 Å². The Morgan fingerprint density at radius 2 is 2.15 bits per heavy atom. The second-order valence-corrected chi connectivity index (χ2v) is 4.11. The van der Waals surface area contributed by atoms with Gasteiger partial charge in [0.05, 0.1) is 5.02 Å². The van der Waals surface area contributed by atoms with E-state index in [2.05, 4.69) is 14.8 Å². The Balaban J connectivity index is 2.60. The zero-order valence-corrected chi connectivity index (χ0v) is 10.7. The number of aldehydes is 1. The average molecular weight is 306 g/mol. The van der Waals surface area contributed by atoms with Gasteiger partial charge in [0, 0.05) is 13.2 Å². The topological polar surface area (TPSA) is 57.0 Å². The van der Waals surface area contributed by atoms with E-state index in [1.165, 1.54) is 7.05 Å². The largest absolute Gasteiger partial charge is 0.416 e. The molecular weight excluding hydrogens is 299 g/mol. The Hall–Kier alpha value is -2.09. The van der Waals surface area contributed by atoms with Crippen molar-refractivity contribution in [3.63, 3.8) is 0 Å². The molecule has 0 N–H and O–H groups in total. The van der Waals surface area contributed by atoms with Crippen molar-refractivity contribution >= 4 is 17.9 Å². The molecule has 0 aliphatic carbocycles. The second kappa shape index (κ2) is 5.49. The summed E-state index contributed by atoms with van der Waals surface area (Å²) in [6.45, 7) is -3.14. The van der Waals surface area contributed by atoms with Crippen molar-refractivity contribution in [2.75, 3.05) is 0 Å². The van der Waals surface area contributed by atoms with Gasteiger partial charge >= 0.3 is 6.61 Å². The highest BCUT2D eigenvalue weighted by Gasteiger charge is 2.24. The number of hydrogen-bond acceptors (Lipinski definition) is 4. The van der Waals surface area contributed by atoms with E-state index in [0.29, 0.717) is 0 Å². The molecule has 0 bridgehead atoms. The highest BCUT2D eigenvalue weighted by Crippen LogP contribution is 2.30. The van der Waals surface area contributed by atoms with Crippen LogP contribution in [0.3, 0.4) is 0 Å². The Morgan fingerprint density at radius 1 is 1.45 bits per heavy atom. The Kier molecular flexibility index (Phi) is 3.93. The number of carbonyl (C=O) groups is 1. The number of aromatic nitrogens is 3. The van der Waals surface area contributed by atoms with Gasteiger partial charge in [0.15, 0.2) is 12.1 Å². The van der Waals surface area contributed by atoms with Crippen molar-refractivity contribution < 1.29 is 22.7 Å². The lowest BCUT2D eigenvalue weighted by molar-refractivity contribution is -0.0555. The number of rotatable bonds is 4. The minimum absolute atomic E-state index is 0.0545. The number of alkyl halides is 2. The number of carbonyl (C=O) groups excluding carboxylic acids is 1. The number of ether oxygens (including phenoxy) is 1. The SMILES string of the molecule is Cn1nc(-c2ncc(Cl)cc2F)c(C=O)c1OC(F)F. The lowest BCUT2D eigenvalue weighted by Gasteiger charge is -2.04. The fourth-order valence-corrected chi connectivity index (χ4v) is 1.76. The molecule has 0 saturated carbocycles. The average Bonchev–Trinajstić information content (AvgIpc) is 2.65. The van der Waals surface area contributed by atoms with Crippen LogP contribution >= 0.6 is 11.6 Å². The Bertz CT molecular complexity index is 661. The molecule has 2 heterocycles. The first kappa shape index (κ1) is 14.3. The van der Waals surface area contributed by atoms with Gasteiger partial charge in [0.25, 0.3) is 0 Å². The number of aryl methyl sites for hydroxylation is 1. The molecule has 0 spiro atoms. The standard InChI is InChI=1S/C11H7ClF3N3O2/c1-18-10(20-11(14)15)6(4-19)8(17-18)9-7(13)2-5(12)3-16-9/h2-4,11H,1H3. The minimum Gasteiger partial charge on any atom is -0.416 e. The van der Waals surface area contributed by atoms with E-state index < -0.39 is 18.3 Å². The van der Waals surface area contributed by atoms with Crippen molar-refractivity contribution in [3.05, 3.63) is 28.7 Å². The summed E-state index contributed by atoms with van der Waals surface area (Å²) in [5.41, 5.74) is -0.801. The van der Waals surface area contributed by atoms with Crippen LogP contribution in [0.5, 0.6) is 5.88 Å². The summed E-state index contributed by atoms with van der Waals surface area (Å²) in [7, 11) is 1.28. The quantitative estimate of drug-likeness (QED) is 0.815. The monoisotopic (exact) mass is 305 g/mol. The summed E-state index contributed by atoms with van der Waals surface area (Å²) >= 11 is 5.56. The summed E-state index contributed by atoms with van der Waals surface area (Å²) < 4.78 is 43.4. The van der Waals surface area contributed by atoms with E-state index in [-0.39, 0.29) is 28.3 Å². The minimum atomic E-state index is -3.14. The van der Waals surface area contributed by atoms with Crippen LogP contribution in [0.4, 0.5) is 13.2 Å². The van der Waals surface area contributed by atoms with Crippen LogP contribution in [0.15, 0.2) is 12.3 Å². The smallest absolute Gasteiger partial charge is 0.388 e. The maximum atomic E-state index is 13.8. The highest BCUT2D eigenvalue weighted by atomic mass is 35.5. The van der Waals surface area contributed by atoms with E-state index in [4.69, 9.17) is 11.6 Å². The molecule has 0 amide bonds. The normalized spacial score (nSPS) is 10.9. The zero-order valence-electron chi connectivity index (χ0n) is 9.98. The molecule has 2 rings (SSSR count). The van der Waals surface area contributed by atoms with Gasteiger partial charge in [-0.15, -0.1) is 0 Å². The number of pyridine rings is 1. The molecule has 0 unspecified atom stereocenters. The molecular formula is C11H7ClF3N3O2. The lowest BCUT2D eigenvalue weighted by Crippen LogP contribution is -2.07. The van der Waals surface area contributed by atoms with Crippen LogP contribution in [-0.2, 0) is 7.05 Å². The summed E-state index contributed by atoms with van der Waals surface area (Å²) in [5.74, 6) is -1.30. The molecule has 0 fully saturated rings. The molecule has 2 aromatic heterocycles. The van der Waals surface area contributed by atoms with Crippen molar-refractivity contribution in [2.45, 2.75) is 6.61 Å². The van der Waals surface area contributed by atoms with Gasteiger partial charge in [-0.1, -0.05) is 11.6 Å². The van der Waals surface area contributed by atoms with Gasteiger partial charge in [-0.2, -0.15) is 13.9 Å². The van der Waals surface area contributed by atoms with Crippen LogP contribution in [0.1, 0.15) is 10.4 Å².